The van der Waals surface area contributed by atoms with Crippen LogP contribution in [0.15, 0.2) is 47.4 Å². The zero-order valence-electron chi connectivity index (χ0n) is 8.99. The lowest BCUT2D eigenvalue weighted by atomic mass is 10.2. The van der Waals surface area contributed by atoms with Gasteiger partial charge in [-0.25, -0.2) is 8.78 Å². The molecule has 0 bridgehead atoms. The van der Waals surface area contributed by atoms with Gasteiger partial charge in [-0.05, 0) is 35.9 Å². The lowest BCUT2D eigenvalue weighted by Gasteiger charge is -2.05. The predicted octanol–water partition coefficient (Wildman–Crippen LogP) is 3.84. The number of nitrogen functional groups attached to an aromatic ring is 1. The maximum Gasteiger partial charge on any atom is 0.125 e. The molecule has 88 valence electrons. The van der Waals surface area contributed by atoms with Crippen LogP contribution >= 0.6 is 11.8 Å². The largest absolute Gasteiger partial charge is 0.398 e. The number of thioether (sulfide) groups is 1. The minimum atomic E-state index is -0.339. The van der Waals surface area contributed by atoms with E-state index in [1.165, 1.54) is 36.0 Å². The van der Waals surface area contributed by atoms with Crippen molar-refractivity contribution in [2.75, 3.05) is 5.73 Å². The standard InChI is InChI=1S/C13H11F2NS/c14-10-3-1-9(2-4-10)8-17-13-6-5-11(15)7-12(13)16/h1-7H,8,16H2. The van der Waals surface area contributed by atoms with Gasteiger partial charge in [0.25, 0.3) is 0 Å². The van der Waals surface area contributed by atoms with Gasteiger partial charge in [-0.15, -0.1) is 11.8 Å². The first-order chi connectivity index (χ1) is 8.15. The predicted molar refractivity (Wildman–Crippen MR) is 66.8 cm³/mol. The van der Waals surface area contributed by atoms with E-state index in [1.807, 2.05) is 0 Å². The molecule has 0 aliphatic carbocycles. The Morgan fingerprint density at radius 2 is 1.59 bits per heavy atom. The highest BCUT2D eigenvalue weighted by Crippen LogP contribution is 2.28. The highest BCUT2D eigenvalue weighted by Gasteiger charge is 2.02. The summed E-state index contributed by atoms with van der Waals surface area (Å²) >= 11 is 1.50. The molecule has 0 fully saturated rings. The summed E-state index contributed by atoms with van der Waals surface area (Å²) in [6.45, 7) is 0. The van der Waals surface area contributed by atoms with E-state index in [9.17, 15) is 8.78 Å². The van der Waals surface area contributed by atoms with Gasteiger partial charge in [-0.3, -0.25) is 0 Å². The van der Waals surface area contributed by atoms with Crippen molar-refractivity contribution in [3.63, 3.8) is 0 Å². The van der Waals surface area contributed by atoms with E-state index in [2.05, 4.69) is 0 Å². The molecule has 0 atom stereocenters. The van der Waals surface area contributed by atoms with Crippen LogP contribution in [0.1, 0.15) is 5.56 Å². The Hall–Kier alpha value is -1.55. The van der Waals surface area contributed by atoms with Gasteiger partial charge in [0.15, 0.2) is 0 Å². The summed E-state index contributed by atoms with van der Waals surface area (Å²) in [7, 11) is 0. The van der Waals surface area contributed by atoms with Crippen LogP contribution in [0.4, 0.5) is 14.5 Å². The molecule has 0 aliphatic heterocycles. The van der Waals surface area contributed by atoms with Crippen LogP contribution in [0.5, 0.6) is 0 Å². The Labute approximate surface area is 103 Å². The number of hydrogen-bond acceptors (Lipinski definition) is 2. The van der Waals surface area contributed by atoms with Crippen molar-refractivity contribution >= 4 is 17.4 Å². The summed E-state index contributed by atoms with van der Waals surface area (Å²) in [6, 6.07) is 10.6. The molecule has 0 saturated carbocycles. The molecule has 4 heteroatoms. The van der Waals surface area contributed by atoms with Gasteiger partial charge < -0.3 is 5.73 Å². The highest BCUT2D eigenvalue weighted by molar-refractivity contribution is 7.98. The van der Waals surface area contributed by atoms with Crippen molar-refractivity contribution in [1.29, 1.82) is 0 Å². The second-order valence-corrected chi connectivity index (χ2v) is 4.61. The SMILES string of the molecule is Nc1cc(F)ccc1SCc1ccc(F)cc1. The second kappa shape index (κ2) is 5.19. The van der Waals surface area contributed by atoms with E-state index in [0.29, 0.717) is 11.4 Å². The molecule has 17 heavy (non-hydrogen) atoms. The fourth-order valence-corrected chi connectivity index (χ4v) is 2.30. The number of hydrogen-bond donors (Lipinski definition) is 1. The molecule has 0 saturated heterocycles. The third kappa shape index (κ3) is 3.20. The summed E-state index contributed by atoms with van der Waals surface area (Å²) in [5.41, 5.74) is 7.12. The monoisotopic (exact) mass is 251 g/mol. The summed E-state index contributed by atoms with van der Waals surface area (Å²) in [4.78, 5) is 0.829. The van der Waals surface area contributed by atoms with Crippen LogP contribution in [0.2, 0.25) is 0 Å². The van der Waals surface area contributed by atoms with Crippen molar-refractivity contribution < 1.29 is 8.78 Å². The number of anilines is 1. The first-order valence-corrected chi connectivity index (χ1v) is 6.06. The van der Waals surface area contributed by atoms with Gasteiger partial charge in [-0.2, -0.15) is 0 Å². The lowest BCUT2D eigenvalue weighted by Crippen LogP contribution is -1.90. The van der Waals surface area contributed by atoms with Gasteiger partial charge in [0, 0.05) is 16.3 Å². The molecule has 2 rings (SSSR count). The molecule has 0 amide bonds. The third-order valence-electron chi connectivity index (χ3n) is 2.28. The minimum Gasteiger partial charge on any atom is -0.398 e. The molecule has 1 nitrogen and oxygen atoms in total. The maximum atomic E-state index is 12.8. The average Bonchev–Trinajstić information content (AvgIpc) is 2.30. The van der Waals surface area contributed by atoms with Gasteiger partial charge in [0.2, 0.25) is 0 Å². The summed E-state index contributed by atoms with van der Waals surface area (Å²) < 4.78 is 25.5. The molecule has 0 unspecified atom stereocenters. The van der Waals surface area contributed by atoms with Crippen LogP contribution in [0, 0.1) is 11.6 Å². The molecule has 0 aromatic heterocycles. The Morgan fingerprint density at radius 3 is 2.24 bits per heavy atom. The van der Waals surface area contributed by atoms with Crippen molar-refractivity contribution in [3.05, 3.63) is 59.7 Å². The molecule has 0 spiro atoms. The molecule has 2 aromatic rings. The van der Waals surface area contributed by atoms with Crippen molar-refractivity contribution in [2.24, 2.45) is 0 Å². The number of rotatable bonds is 3. The molecule has 0 heterocycles. The lowest BCUT2D eigenvalue weighted by molar-refractivity contribution is 0.627. The molecule has 0 aliphatic rings. The van der Waals surface area contributed by atoms with E-state index in [4.69, 9.17) is 5.73 Å². The zero-order valence-corrected chi connectivity index (χ0v) is 9.81. The second-order valence-electron chi connectivity index (χ2n) is 3.60. The first-order valence-electron chi connectivity index (χ1n) is 5.07. The fraction of sp³-hybridized carbons (Fsp3) is 0.0769. The van der Waals surface area contributed by atoms with Crippen LogP contribution in [0.25, 0.3) is 0 Å². The van der Waals surface area contributed by atoms with E-state index >= 15 is 0 Å². The Bertz CT molecular complexity index is 511. The van der Waals surface area contributed by atoms with Crippen LogP contribution in [-0.2, 0) is 5.75 Å². The van der Waals surface area contributed by atoms with Gasteiger partial charge in [-0.1, -0.05) is 12.1 Å². The molecular weight excluding hydrogens is 240 g/mol. The van der Waals surface area contributed by atoms with Crippen LogP contribution < -0.4 is 5.73 Å². The molecule has 2 aromatic carbocycles. The Balaban J connectivity index is 2.04. The number of halogens is 2. The van der Waals surface area contributed by atoms with Crippen LogP contribution in [-0.4, -0.2) is 0 Å². The van der Waals surface area contributed by atoms with Gasteiger partial charge >= 0.3 is 0 Å². The number of nitrogens with two attached hydrogens (primary N) is 1. The minimum absolute atomic E-state index is 0.250. The Kier molecular flexibility index (Phi) is 3.64. The summed E-state index contributed by atoms with van der Waals surface area (Å²) in [5, 5.41) is 0. The summed E-state index contributed by atoms with van der Waals surface area (Å²) in [5.74, 6) is 0.0875. The molecule has 0 radical (unpaired) electrons. The van der Waals surface area contributed by atoms with Crippen LogP contribution in [0.3, 0.4) is 0 Å². The smallest absolute Gasteiger partial charge is 0.125 e. The van der Waals surface area contributed by atoms with E-state index in [1.54, 1.807) is 18.2 Å². The zero-order chi connectivity index (χ0) is 12.3. The number of benzene rings is 2. The maximum absolute atomic E-state index is 12.8. The fourth-order valence-electron chi connectivity index (χ4n) is 1.39. The topological polar surface area (TPSA) is 26.0 Å². The quantitative estimate of drug-likeness (QED) is 0.662. The molecule has 2 N–H and O–H groups in total. The average molecular weight is 251 g/mol. The Morgan fingerprint density at radius 1 is 0.941 bits per heavy atom. The third-order valence-corrected chi connectivity index (χ3v) is 3.44. The highest BCUT2D eigenvalue weighted by atomic mass is 32.2. The summed E-state index contributed by atoms with van der Waals surface area (Å²) in [6.07, 6.45) is 0. The van der Waals surface area contributed by atoms with E-state index < -0.39 is 0 Å². The van der Waals surface area contributed by atoms with E-state index in [0.717, 1.165) is 10.5 Å². The van der Waals surface area contributed by atoms with Crippen molar-refractivity contribution in [2.45, 2.75) is 10.6 Å². The van der Waals surface area contributed by atoms with Gasteiger partial charge in [0.1, 0.15) is 11.6 Å². The van der Waals surface area contributed by atoms with E-state index in [-0.39, 0.29) is 11.6 Å². The molecular formula is C13H11F2NS. The van der Waals surface area contributed by atoms with Gasteiger partial charge in [0.05, 0.1) is 0 Å². The normalized spacial score (nSPS) is 10.5. The first kappa shape index (κ1) is 11.9. The van der Waals surface area contributed by atoms with Crippen molar-refractivity contribution in [3.8, 4) is 0 Å². The van der Waals surface area contributed by atoms with Crippen molar-refractivity contribution in [1.82, 2.24) is 0 Å².